The topological polar surface area (TPSA) is 83.3 Å². The van der Waals surface area contributed by atoms with Gasteiger partial charge < -0.3 is 9.47 Å². The highest BCUT2D eigenvalue weighted by Crippen LogP contribution is 1.97. The molecule has 1 aromatic heterocycles. The highest BCUT2D eigenvalue weighted by molar-refractivity contribution is 5.87. The van der Waals surface area contributed by atoms with Crippen LogP contribution in [0.25, 0.3) is 6.20 Å². The van der Waals surface area contributed by atoms with Crippen molar-refractivity contribution in [2.24, 2.45) is 0 Å². The van der Waals surface area contributed by atoms with E-state index in [-0.39, 0.29) is 12.3 Å². The molecule has 1 rings (SSSR count). The van der Waals surface area contributed by atoms with Crippen LogP contribution in [0.1, 0.15) is 24.3 Å². The third-order valence-corrected chi connectivity index (χ3v) is 1.64. The van der Waals surface area contributed by atoms with Crippen LogP contribution < -0.4 is 0 Å². The number of carbonyl (C=O) groups is 2. The second-order valence-corrected chi connectivity index (χ2v) is 2.87. The van der Waals surface area contributed by atoms with Gasteiger partial charge in [-0.1, -0.05) is 5.21 Å². The average Bonchev–Trinajstić information content (AvgIpc) is 2.76. The summed E-state index contributed by atoms with van der Waals surface area (Å²) < 4.78 is 10.6. The summed E-state index contributed by atoms with van der Waals surface area (Å²) in [6.07, 6.45) is 3.88. The Hall–Kier alpha value is -2.18. The van der Waals surface area contributed by atoms with E-state index in [2.05, 4.69) is 15.0 Å². The van der Waals surface area contributed by atoms with E-state index in [1.807, 2.05) is 0 Å². The van der Waals surface area contributed by atoms with Crippen molar-refractivity contribution in [1.82, 2.24) is 15.0 Å². The Balaban J connectivity index is 2.62. The normalized spacial score (nSPS) is 10.5. The van der Waals surface area contributed by atoms with E-state index in [0.717, 1.165) is 0 Å². The number of rotatable bonds is 5. The Bertz CT molecular complexity index is 425. The molecular weight excluding hydrogens is 226 g/mol. The molecule has 7 nitrogen and oxygen atoms in total. The maximum atomic E-state index is 11.2. The number of aromatic nitrogens is 3. The van der Waals surface area contributed by atoms with Crippen LogP contribution in [-0.4, -0.2) is 40.1 Å². The molecule has 0 saturated carbocycles. The first kappa shape index (κ1) is 12.9. The summed E-state index contributed by atoms with van der Waals surface area (Å²) in [5, 5.41) is 7.22. The monoisotopic (exact) mass is 239 g/mol. The minimum Gasteiger partial charge on any atom is -0.463 e. The zero-order valence-electron chi connectivity index (χ0n) is 9.62. The molecule has 1 aromatic rings. The predicted octanol–water partition coefficient (Wildman–Crippen LogP) is 0.489. The number of hydrogen-bond acceptors (Lipinski definition) is 6. The van der Waals surface area contributed by atoms with Gasteiger partial charge in [0.25, 0.3) is 0 Å². The van der Waals surface area contributed by atoms with Crippen molar-refractivity contribution in [2.45, 2.75) is 13.8 Å². The van der Waals surface area contributed by atoms with Crippen LogP contribution in [0, 0.1) is 0 Å². The van der Waals surface area contributed by atoms with Crippen molar-refractivity contribution < 1.29 is 19.1 Å². The quantitative estimate of drug-likeness (QED) is 0.549. The van der Waals surface area contributed by atoms with Crippen LogP contribution in [0.5, 0.6) is 0 Å². The van der Waals surface area contributed by atoms with E-state index in [9.17, 15) is 9.59 Å². The zero-order valence-corrected chi connectivity index (χ0v) is 9.62. The number of carbonyl (C=O) groups excluding carboxylic acids is 2. The van der Waals surface area contributed by atoms with Gasteiger partial charge in [0.2, 0.25) is 0 Å². The predicted molar refractivity (Wildman–Crippen MR) is 57.9 cm³/mol. The molecule has 0 spiro atoms. The lowest BCUT2D eigenvalue weighted by molar-refractivity contribution is -0.137. The second kappa shape index (κ2) is 6.41. The van der Waals surface area contributed by atoms with Gasteiger partial charge in [-0.3, -0.25) is 0 Å². The van der Waals surface area contributed by atoms with E-state index in [0.29, 0.717) is 6.61 Å². The molecule has 92 valence electrons. The summed E-state index contributed by atoms with van der Waals surface area (Å²) in [5.74, 6) is -1.04. The van der Waals surface area contributed by atoms with Gasteiger partial charge in [0.05, 0.1) is 19.4 Å². The van der Waals surface area contributed by atoms with Crippen LogP contribution in [0.15, 0.2) is 12.3 Å². The Labute approximate surface area is 98.0 Å². The van der Waals surface area contributed by atoms with E-state index in [1.165, 1.54) is 23.2 Å². The molecule has 0 aliphatic rings. The largest absolute Gasteiger partial charge is 0.463 e. The standard InChI is InChI=1S/C10H13N3O4/c1-3-16-9(14)5-6-13-7-8(11-12-13)10(15)17-4-2/h5-7H,3-4H2,1-2H3/b6-5+. The fourth-order valence-electron chi connectivity index (χ4n) is 0.976. The highest BCUT2D eigenvalue weighted by Gasteiger charge is 2.10. The molecule has 0 fully saturated rings. The van der Waals surface area contributed by atoms with Crippen molar-refractivity contribution in [3.8, 4) is 0 Å². The Morgan fingerprint density at radius 2 is 2.06 bits per heavy atom. The van der Waals surface area contributed by atoms with Crippen molar-refractivity contribution in [3.05, 3.63) is 18.0 Å². The van der Waals surface area contributed by atoms with E-state index in [1.54, 1.807) is 13.8 Å². The van der Waals surface area contributed by atoms with Gasteiger partial charge in [-0.2, -0.15) is 0 Å². The van der Waals surface area contributed by atoms with Crippen molar-refractivity contribution in [3.63, 3.8) is 0 Å². The van der Waals surface area contributed by atoms with E-state index >= 15 is 0 Å². The van der Waals surface area contributed by atoms with E-state index < -0.39 is 11.9 Å². The minimum absolute atomic E-state index is 0.0837. The smallest absolute Gasteiger partial charge is 0.360 e. The molecule has 0 aliphatic carbocycles. The number of esters is 2. The van der Waals surface area contributed by atoms with Crippen LogP contribution in [0.3, 0.4) is 0 Å². The SMILES string of the molecule is CCOC(=O)/C=C/n1cc(C(=O)OCC)nn1. The number of ether oxygens (including phenoxy) is 2. The van der Waals surface area contributed by atoms with Crippen LogP contribution >= 0.6 is 0 Å². The fraction of sp³-hybridized carbons (Fsp3) is 0.400. The molecule has 0 bridgehead atoms. The molecule has 7 heteroatoms. The molecule has 0 radical (unpaired) electrons. The second-order valence-electron chi connectivity index (χ2n) is 2.87. The molecule has 17 heavy (non-hydrogen) atoms. The Morgan fingerprint density at radius 3 is 2.71 bits per heavy atom. The highest BCUT2D eigenvalue weighted by atomic mass is 16.5. The van der Waals surface area contributed by atoms with Crippen LogP contribution in [-0.2, 0) is 14.3 Å². The maximum Gasteiger partial charge on any atom is 0.360 e. The number of nitrogens with zero attached hydrogens (tertiary/aromatic N) is 3. The molecule has 0 unspecified atom stereocenters. The van der Waals surface area contributed by atoms with E-state index in [4.69, 9.17) is 4.74 Å². The average molecular weight is 239 g/mol. The molecule has 0 amide bonds. The summed E-state index contributed by atoms with van der Waals surface area (Å²) >= 11 is 0. The first-order chi connectivity index (χ1) is 8.17. The summed E-state index contributed by atoms with van der Waals surface area (Å²) in [7, 11) is 0. The fourth-order valence-corrected chi connectivity index (χ4v) is 0.976. The van der Waals surface area contributed by atoms with Crippen LogP contribution in [0.2, 0.25) is 0 Å². The molecule has 0 aliphatic heterocycles. The summed E-state index contributed by atoms with van der Waals surface area (Å²) in [5.41, 5.74) is 0.0837. The first-order valence-electron chi connectivity index (χ1n) is 5.11. The van der Waals surface area contributed by atoms with Gasteiger partial charge in [-0.15, -0.1) is 5.10 Å². The molecule has 0 saturated heterocycles. The summed E-state index contributed by atoms with van der Waals surface area (Å²) in [6, 6.07) is 0. The van der Waals surface area contributed by atoms with Gasteiger partial charge in [0, 0.05) is 12.3 Å². The maximum absolute atomic E-state index is 11.2. The lowest BCUT2D eigenvalue weighted by atomic mass is 10.5. The Kier molecular flexibility index (Phi) is 4.86. The number of hydrogen-bond donors (Lipinski definition) is 0. The minimum atomic E-state index is -0.553. The van der Waals surface area contributed by atoms with Crippen molar-refractivity contribution in [2.75, 3.05) is 13.2 Å². The zero-order chi connectivity index (χ0) is 12.7. The van der Waals surface area contributed by atoms with Gasteiger partial charge in [-0.25, -0.2) is 14.3 Å². The summed E-state index contributed by atoms with van der Waals surface area (Å²) in [6.45, 7) is 3.97. The summed E-state index contributed by atoms with van der Waals surface area (Å²) in [4.78, 5) is 22.2. The first-order valence-corrected chi connectivity index (χ1v) is 5.11. The van der Waals surface area contributed by atoms with Crippen LogP contribution in [0.4, 0.5) is 0 Å². The van der Waals surface area contributed by atoms with Crippen molar-refractivity contribution >= 4 is 18.1 Å². The lowest BCUT2D eigenvalue weighted by Gasteiger charge is -1.95. The molecule has 0 aromatic carbocycles. The van der Waals surface area contributed by atoms with Crippen molar-refractivity contribution in [1.29, 1.82) is 0 Å². The van der Waals surface area contributed by atoms with Gasteiger partial charge in [0.1, 0.15) is 0 Å². The third kappa shape index (κ3) is 4.06. The molecule has 0 atom stereocenters. The molecule has 1 heterocycles. The Morgan fingerprint density at radius 1 is 1.35 bits per heavy atom. The van der Waals surface area contributed by atoms with Gasteiger partial charge in [-0.05, 0) is 13.8 Å². The molecular formula is C10H13N3O4. The third-order valence-electron chi connectivity index (χ3n) is 1.64. The molecule has 0 N–H and O–H groups in total. The lowest BCUT2D eigenvalue weighted by Crippen LogP contribution is -2.04. The van der Waals surface area contributed by atoms with Gasteiger partial charge >= 0.3 is 11.9 Å². The van der Waals surface area contributed by atoms with Gasteiger partial charge in [0.15, 0.2) is 5.69 Å².